The molecule has 2 aliphatic rings. The molecule has 0 bridgehead atoms. The summed E-state index contributed by atoms with van der Waals surface area (Å²) in [5, 5.41) is 5.05. The van der Waals surface area contributed by atoms with Gasteiger partial charge in [0, 0.05) is 36.8 Å². The van der Waals surface area contributed by atoms with E-state index in [1.807, 2.05) is 12.3 Å². The lowest BCUT2D eigenvalue weighted by molar-refractivity contribution is -0.126. The van der Waals surface area contributed by atoms with Crippen molar-refractivity contribution < 1.29 is 4.79 Å². The third-order valence-corrected chi connectivity index (χ3v) is 6.10. The van der Waals surface area contributed by atoms with Crippen LogP contribution in [0, 0.1) is 18.8 Å². The summed E-state index contributed by atoms with van der Waals surface area (Å²) in [6, 6.07) is 1.63. The van der Waals surface area contributed by atoms with Crippen LogP contribution in [0.15, 0.2) is 16.2 Å². The molecule has 1 N–H and O–H groups in total. The fourth-order valence-corrected chi connectivity index (χ4v) is 4.43. The van der Waals surface area contributed by atoms with Gasteiger partial charge in [0.25, 0.3) is 5.56 Å². The molecule has 1 aliphatic heterocycles. The molecule has 7 heteroatoms. The average molecular weight is 360 g/mol. The number of carbonyl (C=O) groups excluding carboxylic acids is 1. The van der Waals surface area contributed by atoms with Crippen LogP contribution in [0.3, 0.4) is 0 Å². The van der Waals surface area contributed by atoms with Crippen LogP contribution >= 0.6 is 11.3 Å². The average Bonchev–Trinajstić information content (AvgIpc) is 3.35. The van der Waals surface area contributed by atoms with Gasteiger partial charge in [0.15, 0.2) is 4.96 Å². The van der Waals surface area contributed by atoms with Gasteiger partial charge in [-0.3, -0.25) is 18.9 Å². The Kier molecular flexibility index (Phi) is 4.60. The van der Waals surface area contributed by atoms with Crippen LogP contribution in [0.4, 0.5) is 0 Å². The predicted octanol–water partition coefficient (Wildman–Crippen LogP) is 1.80. The summed E-state index contributed by atoms with van der Waals surface area (Å²) >= 11 is 1.49. The molecule has 4 rings (SSSR count). The highest BCUT2D eigenvalue weighted by molar-refractivity contribution is 7.15. The van der Waals surface area contributed by atoms with Gasteiger partial charge >= 0.3 is 0 Å². The first-order chi connectivity index (χ1) is 12.1. The van der Waals surface area contributed by atoms with Crippen LogP contribution in [0.2, 0.25) is 0 Å². The van der Waals surface area contributed by atoms with Crippen molar-refractivity contribution in [3.8, 4) is 0 Å². The van der Waals surface area contributed by atoms with Crippen molar-refractivity contribution in [2.45, 2.75) is 39.2 Å². The van der Waals surface area contributed by atoms with Gasteiger partial charge in [-0.1, -0.05) is 0 Å². The van der Waals surface area contributed by atoms with Crippen LogP contribution in [0.25, 0.3) is 4.96 Å². The lowest BCUT2D eigenvalue weighted by atomic mass is 9.97. The van der Waals surface area contributed by atoms with Gasteiger partial charge in [0.1, 0.15) is 0 Å². The number of nitrogens with one attached hydrogen (secondary N) is 1. The van der Waals surface area contributed by atoms with Gasteiger partial charge in [-0.05, 0) is 45.1 Å². The number of rotatable bonds is 5. The zero-order valence-electron chi connectivity index (χ0n) is 14.5. The number of piperidine rings is 1. The molecule has 2 fully saturated rings. The number of amides is 1. The van der Waals surface area contributed by atoms with Crippen LogP contribution in [-0.2, 0) is 11.3 Å². The van der Waals surface area contributed by atoms with Gasteiger partial charge in [-0.15, -0.1) is 11.3 Å². The Morgan fingerprint density at radius 1 is 1.40 bits per heavy atom. The van der Waals surface area contributed by atoms with Crippen LogP contribution in [0.1, 0.15) is 37.1 Å². The first kappa shape index (κ1) is 16.7. The number of thiazole rings is 1. The smallest absolute Gasteiger partial charge is 0.259 e. The number of likely N-dealkylation sites (tertiary alicyclic amines) is 1. The maximum atomic E-state index is 12.4. The number of nitrogens with zero attached hydrogens (tertiary/aromatic N) is 3. The molecule has 1 saturated heterocycles. The summed E-state index contributed by atoms with van der Waals surface area (Å²) in [7, 11) is 0. The molecule has 2 aromatic heterocycles. The molecular formula is C18H24N4O2S. The fourth-order valence-electron chi connectivity index (χ4n) is 3.54. The van der Waals surface area contributed by atoms with E-state index >= 15 is 0 Å². The molecule has 25 heavy (non-hydrogen) atoms. The van der Waals surface area contributed by atoms with Crippen molar-refractivity contribution in [3.63, 3.8) is 0 Å². The zero-order chi connectivity index (χ0) is 17.4. The van der Waals surface area contributed by atoms with E-state index in [1.165, 1.54) is 24.2 Å². The Bertz CT molecular complexity index is 839. The quantitative estimate of drug-likeness (QED) is 0.883. The number of fused-ring (bicyclic) bond motifs is 1. The fraction of sp³-hybridized carbons (Fsp3) is 0.611. The molecule has 1 atom stereocenters. The highest BCUT2D eigenvalue weighted by atomic mass is 32.1. The van der Waals surface area contributed by atoms with E-state index in [9.17, 15) is 9.59 Å². The second-order valence-corrected chi connectivity index (χ2v) is 8.18. The van der Waals surface area contributed by atoms with E-state index in [-0.39, 0.29) is 17.4 Å². The molecule has 1 saturated carbocycles. The molecule has 1 aliphatic carbocycles. The molecule has 3 heterocycles. The molecule has 0 unspecified atom stereocenters. The number of aryl methyl sites for hydroxylation is 1. The second-order valence-electron chi connectivity index (χ2n) is 7.34. The zero-order valence-corrected chi connectivity index (χ0v) is 15.3. The number of carbonyl (C=O) groups is 1. The van der Waals surface area contributed by atoms with Crippen molar-refractivity contribution in [3.05, 3.63) is 33.2 Å². The van der Waals surface area contributed by atoms with E-state index in [2.05, 4.69) is 15.2 Å². The number of hydrogen-bond acceptors (Lipinski definition) is 5. The summed E-state index contributed by atoms with van der Waals surface area (Å²) in [5.41, 5.74) is 1.70. The normalized spacial score (nSPS) is 21.6. The molecule has 6 nitrogen and oxygen atoms in total. The minimum atomic E-state index is -0.0190. The third kappa shape index (κ3) is 3.77. The SMILES string of the molecule is Cc1csc2nc(CN3CCC[C@H](C(=O)NCC4CC4)C3)cc(=O)n12. The van der Waals surface area contributed by atoms with Crippen molar-refractivity contribution in [2.24, 2.45) is 11.8 Å². The van der Waals surface area contributed by atoms with E-state index in [0.717, 1.165) is 48.8 Å². The molecule has 134 valence electrons. The van der Waals surface area contributed by atoms with Gasteiger partial charge in [0.2, 0.25) is 5.91 Å². The summed E-state index contributed by atoms with van der Waals surface area (Å²) in [6.07, 6.45) is 4.47. The van der Waals surface area contributed by atoms with Crippen LogP contribution < -0.4 is 10.9 Å². The summed E-state index contributed by atoms with van der Waals surface area (Å²) in [5.74, 6) is 0.956. The Morgan fingerprint density at radius 2 is 2.24 bits per heavy atom. The third-order valence-electron chi connectivity index (χ3n) is 5.15. The van der Waals surface area contributed by atoms with Crippen molar-refractivity contribution in [2.75, 3.05) is 19.6 Å². The van der Waals surface area contributed by atoms with E-state index < -0.39 is 0 Å². The Morgan fingerprint density at radius 3 is 3.04 bits per heavy atom. The van der Waals surface area contributed by atoms with E-state index in [4.69, 9.17) is 0 Å². The van der Waals surface area contributed by atoms with Crippen molar-refractivity contribution in [1.82, 2.24) is 19.6 Å². The summed E-state index contributed by atoms with van der Waals surface area (Å²) in [6.45, 7) is 5.09. The molecular weight excluding hydrogens is 336 g/mol. The van der Waals surface area contributed by atoms with Crippen molar-refractivity contribution in [1.29, 1.82) is 0 Å². The second kappa shape index (κ2) is 6.88. The monoisotopic (exact) mass is 360 g/mol. The van der Waals surface area contributed by atoms with Gasteiger partial charge in [-0.2, -0.15) is 0 Å². The molecule has 2 aromatic rings. The highest BCUT2D eigenvalue weighted by Crippen LogP contribution is 2.28. The van der Waals surface area contributed by atoms with E-state index in [0.29, 0.717) is 12.5 Å². The Labute approximate surface area is 150 Å². The minimum Gasteiger partial charge on any atom is -0.356 e. The first-order valence-electron chi connectivity index (χ1n) is 9.07. The van der Waals surface area contributed by atoms with Gasteiger partial charge in [-0.25, -0.2) is 4.98 Å². The maximum absolute atomic E-state index is 12.4. The summed E-state index contributed by atoms with van der Waals surface area (Å²) in [4.78, 5) is 32.3. The number of hydrogen-bond donors (Lipinski definition) is 1. The first-order valence-corrected chi connectivity index (χ1v) is 9.95. The molecule has 0 spiro atoms. The maximum Gasteiger partial charge on any atom is 0.259 e. The van der Waals surface area contributed by atoms with Crippen LogP contribution in [0.5, 0.6) is 0 Å². The lowest BCUT2D eigenvalue weighted by Gasteiger charge is -2.31. The Hall–Kier alpha value is -1.73. The largest absolute Gasteiger partial charge is 0.356 e. The lowest BCUT2D eigenvalue weighted by Crippen LogP contribution is -2.43. The van der Waals surface area contributed by atoms with Crippen LogP contribution in [-0.4, -0.2) is 39.8 Å². The molecule has 0 radical (unpaired) electrons. The highest BCUT2D eigenvalue weighted by Gasteiger charge is 2.28. The predicted molar refractivity (Wildman–Crippen MR) is 97.8 cm³/mol. The van der Waals surface area contributed by atoms with E-state index in [1.54, 1.807) is 10.5 Å². The summed E-state index contributed by atoms with van der Waals surface area (Å²) < 4.78 is 1.65. The minimum absolute atomic E-state index is 0.0190. The molecule has 1 amide bonds. The van der Waals surface area contributed by atoms with Gasteiger partial charge < -0.3 is 5.32 Å². The Balaban J connectivity index is 1.41. The van der Waals surface area contributed by atoms with Gasteiger partial charge in [0.05, 0.1) is 11.6 Å². The molecule has 0 aromatic carbocycles. The van der Waals surface area contributed by atoms with Crippen molar-refractivity contribution >= 4 is 22.2 Å². The standard InChI is InChI=1S/C18H24N4O2S/c1-12-11-25-18-20-15(7-16(23)22(12)18)10-21-6-2-3-14(9-21)17(24)19-8-13-4-5-13/h7,11,13-14H,2-6,8-10H2,1H3,(H,19,24)/t14-/m0/s1. The topological polar surface area (TPSA) is 66.7 Å². The number of aromatic nitrogens is 2.